The molecule has 0 bridgehead atoms. The summed E-state index contributed by atoms with van der Waals surface area (Å²) in [4.78, 5) is 14.3. The van der Waals surface area contributed by atoms with Gasteiger partial charge in [-0.25, -0.2) is 4.79 Å². The molecule has 1 aliphatic rings. The molecule has 1 aliphatic heterocycles. The monoisotopic (exact) mass is 300 g/mol. The molecule has 116 valence electrons. The molecule has 0 aliphatic carbocycles. The van der Waals surface area contributed by atoms with E-state index in [9.17, 15) is 4.79 Å². The number of para-hydroxylation sites is 1. The van der Waals surface area contributed by atoms with E-state index in [1.807, 2.05) is 38.1 Å². The minimum Gasteiger partial charge on any atom is -0.486 e. The van der Waals surface area contributed by atoms with Crippen molar-refractivity contribution >= 4 is 11.8 Å². The highest BCUT2D eigenvalue weighted by Crippen LogP contribution is 2.29. The Labute approximate surface area is 129 Å². The lowest BCUT2D eigenvalue weighted by Crippen LogP contribution is -2.45. The maximum atomic E-state index is 12.6. The van der Waals surface area contributed by atoms with Crippen LogP contribution in [0.15, 0.2) is 36.5 Å². The first kappa shape index (κ1) is 14.4. The first-order chi connectivity index (χ1) is 10.4. The van der Waals surface area contributed by atoms with Crippen LogP contribution in [0.1, 0.15) is 19.4 Å². The molecule has 0 radical (unpaired) electrons. The first-order valence-electron chi connectivity index (χ1n) is 7.25. The molecule has 0 atom stereocenters. The fraction of sp³-hybridized carbons (Fsp3) is 0.375. The molecule has 6 nitrogen and oxygen atoms in total. The molecule has 0 unspecified atom stereocenters. The van der Waals surface area contributed by atoms with Gasteiger partial charge in [-0.05, 0) is 19.9 Å². The van der Waals surface area contributed by atoms with E-state index in [-0.39, 0.29) is 6.03 Å². The van der Waals surface area contributed by atoms with Gasteiger partial charge in [-0.2, -0.15) is 5.10 Å². The number of carbonyl (C=O) groups excluding carboxylic acids is 1. The number of aryl methyl sites for hydroxylation is 1. The number of hydrogen-bond acceptors (Lipinski definition) is 3. The Hall–Kier alpha value is -2.50. The number of amides is 2. The molecule has 1 N–H and O–H groups in total. The van der Waals surface area contributed by atoms with Crippen molar-refractivity contribution in [2.24, 2.45) is 7.05 Å². The van der Waals surface area contributed by atoms with Crippen LogP contribution in [-0.4, -0.2) is 32.9 Å². The number of ether oxygens (including phenoxy) is 1. The number of hydrogen-bond donors (Lipinski definition) is 1. The van der Waals surface area contributed by atoms with Crippen LogP contribution in [0.25, 0.3) is 0 Å². The number of rotatable bonds is 1. The second-order valence-electron chi connectivity index (χ2n) is 6.10. The van der Waals surface area contributed by atoms with E-state index >= 15 is 0 Å². The fourth-order valence-corrected chi connectivity index (χ4v) is 2.61. The van der Waals surface area contributed by atoms with Crippen LogP contribution in [0.4, 0.5) is 10.6 Å². The fourth-order valence-electron chi connectivity index (χ4n) is 2.61. The van der Waals surface area contributed by atoms with Crippen LogP contribution in [0, 0.1) is 0 Å². The molecule has 2 aromatic rings. The second kappa shape index (κ2) is 5.36. The van der Waals surface area contributed by atoms with Gasteiger partial charge in [0.25, 0.3) is 0 Å². The molecular weight excluding hydrogens is 280 g/mol. The van der Waals surface area contributed by atoms with Crippen LogP contribution in [0.2, 0.25) is 0 Å². The van der Waals surface area contributed by atoms with E-state index in [1.165, 1.54) is 0 Å². The molecule has 3 rings (SSSR count). The van der Waals surface area contributed by atoms with Crippen LogP contribution in [-0.2, 0) is 13.6 Å². The summed E-state index contributed by atoms with van der Waals surface area (Å²) in [6.07, 6.45) is 1.65. The molecule has 6 heteroatoms. The predicted molar refractivity (Wildman–Crippen MR) is 83.8 cm³/mol. The molecule has 0 spiro atoms. The van der Waals surface area contributed by atoms with Crippen molar-refractivity contribution in [3.05, 3.63) is 42.1 Å². The maximum absolute atomic E-state index is 12.6. The first-order valence-corrected chi connectivity index (χ1v) is 7.25. The third kappa shape index (κ3) is 2.90. The van der Waals surface area contributed by atoms with Gasteiger partial charge in [0.2, 0.25) is 0 Å². The number of nitrogens with zero attached hydrogens (tertiary/aromatic N) is 3. The summed E-state index contributed by atoms with van der Waals surface area (Å²) in [6, 6.07) is 9.45. The Morgan fingerprint density at radius 2 is 2.09 bits per heavy atom. The number of urea groups is 1. The molecule has 1 aromatic carbocycles. The summed E-state index contributed by atoms with van der Waals surface area (Å²) in [6.45, 7) is 4.99. The van der Waals surface area contributed by atoms with Crippen LogP contribution < -0.4 is 10.1 Å². The Morgan fingerprint density at radius 1 is 1.32 bits per heavy atom. The van der Waals surface area contributed by atoms with Crippen LogP contribution >= 0.6 is 0 Å². The van der Waals surface area contributed by atoms with E-state index in [1.54, 1.807) is 28.9 Å². The lowest BCUT2D eigenvalue weighted by molar-refractivity contribution is 0.0834. The Balaban J connectivity index is 1.84. The summed E-state index contributed by atoms with van der Waals surface area (Å²) < 4.78 is 7.67. The highest BCUT2D eigenvalue weighted by Gasteiger charge is 2.31. The van der Waals surface area contributed by atoms with Gasteiger partial charge in [0.15, 0.2) is 0 Å². The number of nitrogens with one attached hydrogen (secondary N) is 1. The lowest BCUT2D eigenvalue weighted by atomic mass is 10.1. The van der Waals surface area contributed by atoms with E-state index in [0.717, 1.165) is 11.3 Å². The van der Waals surface area contributed by atoms with Crippen molar-refractivity contribution in [2.45, 2.75) is 26.0 Å². The number of benzene rings is 1. The number of aromatic nitrogens is 2. The average Bonchev–Trinajstić information content (AvgIpc) is 2.78. The van der Waals surface area contributed by atoms with E-state index in [4.69, 9.17) is 4.74 Å². The molecule has 0 fully saturated rings. The molecule has 0 saturated carbocycles. The summed E-state index contributed by atoms with van der Waals surface area (Å²) in [5, 5.41) is 6.94. The third-order valence-electron chi connectivity index (χ3n) is 3.63. The van der Waals surface area contributed by atoms with Gasteiger partial charge in [-0.15, -0.1) is 0 Å². The molecule has 2 amide bonds. The number of fused-ring (bicyclic) bond motifs is 1. The van der Waals surface area contributed by atoms with Gasteiger partial charge in [0.1, 0.15) is 17.2 Å². The normalized spacial score (nSPS) is 16.4. The van der Waals surface area contributed by atoms with Crippen molar-refractivity contribution in [1.82, 2.24) is 14.7 Å². The maximum Gasteiger partial charge on any atom is 0.323 e. The van der Waals surface area contributed by atoms with Gasteiger partial charge >= 0.3 is 6.03 Å². The topological polar surface area (TPSA) is 59.4 Å². The Kier molecular flexibility index (Phi) is 3.52. The van der Waals surface area contributed by atoms with E-state index in [0.29, 0.717) is 18.9 Å². The third-order valence-corrected chi connectivity index (χ3v) is 3.63. The highest BCUT2D eigenvalue weighted by atomic mass is 16.5. The number of anilines is 1. The highest BCUT2D eigenvalue weighted by molar-refractivity contribution is 5.88. The average molecular weight is 300 g/mol. The van der Waals surface area contributed by atoms with E-state index in [2.05, 4.69) is 10.4 Å². The summed E-state index contributed by atoms with van der Waals surface area (Å²) in [5.74, 6) is 1.50. The minimum absolute atomic E-state index is 0.156. The van der Waals surface area contributed by atoms with Gasteiger partial charge in [0.05, 0.1) is 19.3 Å². The zero-order chi connectivity index (χ0) is 15.7. The van der Waals surface area contributed by atoms with Crippen molar-refractivity contribution in [3.63, 3.8) is 0 Å². The van der Waals surface area contributed by atoms with Gasteiger partial charge < -0.3 is 9.64 Å². The molecule has 1 aromatic heterocycles. The summed E-state index contributed by atoms with van der Waals surface area (Å²) in [7, 11) is 1.79. The largest absolute Gasteiger partial charge is 0.486 e. The minimum atomic E-state index is -0.448. The van der Waals surface area contributed by atoms with Crippen LogP contribution in [0.3, 0.4) is 0 Å². The van der Waals surface area contributed by atoms with Crippen molar-refractivity contribution < 1.29 is 9.53 Å². The zero-order valence-corrected chi connectivity index (χ0v) is 13.0. The molecule has 2 heterocycles. The quantitative estimate of drug-likeness (QED) is 0.880. The van der Waals surface area contributed by atoms with Gasteiger partial charge in [-0.3, -0.25) is 10.00 Å². The molecular formula is C16H20N4O2. The van der Waals surface area contributed by atoms with Crippen LogP contribution in [0.5, 0.6) is 5.75 Å². The van der Waals surface area contributed by atoms with Crippen molar-refractivity contribution in [1.29, 1.82) is 0 Å². The predicted octanol–water partition coefficient (Wildman–Crippen LogP) is 2.63. The molecule has 0 saturated heterocycles. The smallest absolute Gasteiger partial charge is 0.323 e. The summed E-state index contributed by atoms with van der Waals surface area (Å²) in [5.41, 5.74) is 0.560. The Morgan fingerprint density at radius 3 is 2.82 bits per heavy atom. The Bertz CT molecular complexity index is 693. The number of carbonyl (C=O) groups is 1. The zero-order valence-electron chi connectivity index (χ0n) is 13.0. The molecule has 22 heavy (non-hydrogen) atoms. The van der Waals surface area contributed by atoms with E-state index < -0.39 is 5.60 Å². The standard InChI is InChI=1S/C16H20N4O2/c1-16(2)11-20(10-12-6-4-5-7-13(12)22-16)15(21)18-14-8-9-17-19(14)3/h4-9H,10-11H2,1-3H3,(H,18,21). The van der Waals surface area contributed by atoms with Gasteiger partial charge in [-0.1, -0.05) is 18.2 Å². The SMILES string of the molecule is Cn1nccc1NC(=O)N1Cc2ccccc2OC(C)(C)C1. The van der Waals surface area contributed by atoms with Crippen molar-refractivity contribution in [3.8, 4) is 5.75 Å². The van der Waals surface area contributed by atoms with Crippen molar-refractivity contribution in [2.75, 3.05) is 11.9 Å². The van der Waals surface area contributed by atoms with Gasteiger partial charge in [0, 0.05) is 18.7 Å². The summed E-state index contributed by atoms with van der Waals surface area (Å²) >= 11 is 0. The second-order valence-corrected chi connectivity index (χ2v) is 6.10. The lowest BCUT2D eigenvalue weighted by Gasteiger charge is -2.29.